The van der Waals surface area contributed by atoms with Crippen LogP contribution in [0.15, 0.2) is 24.3 Å². The van der Waals surface area contributed by atoms with Crippen molar-refractivity contribution in [3.05, 3.63) is 29.8 Å². The molecule has 6 nitrogen and oxygen atoms in total. The van der Waals surface area contributed by atoms with Crippen LogP contribution in [0.5, 0.6) is 5.75 Å². The smallest absolute Gasteiger partial charge is 0.260 e. The number of likely N-dealkylation sites (N-methyl/N-ethyl adjacent to an activating group) is 1. The fourth-order valence-electron chi connectivity index (χ4n) is 2.69. The Bertz CT molecular complexity index is 509. The van der Waals surface area contributed by atoms with E-state index in [1.807, 2.05) is 48.0 Å². The third kappa shape index (κ3) is 5.49. The zero-order chi connectivity index (χ0) is 16.7. The van der Waals surface area contributed by atoms with E-state index in [1.165, 1.54) is 0 Å². The van der Waals surface area contributed by atoms with Crippen molar-refractivity contribution < 1.29 is 19.4 Å². The fraction of sp³-hybridized carbons (Fsp3) is 0.588. The van der Waals surface area contributed by atoms with Crippen LogP contribution in [0.25, 0.3) is 0 Å². The van der Waals surface area contributed by atoms with E-state index in [4.69, 9.17) is 14.6 Å². The Morgan fingerprint density at radius 2 is 2.35 bits per heavy atom. The second kappa shape index (κ2) is 8.86. The summed E-state index contributed by atoms with van der Waals surface area (Å²) in [7, 11) is 1.93. The minimum atomic E-state index is -0.0304. The van der Waals surface area contributed by atoms with Gasteiger partial charge in [-0.3, -0.25) is 4.79 Å². The van der Waals surface area contributed by atoms with E-state index in [1.54, 1.807) is 0 Å². The van der Waals surface area contributed by atoms with E-state index in [-0.39, 0.29) is 25.2 Å². The highest BCUT2D eigenvalue weighted by atomic mass is 16.5. The summed E-state index contributed by atoms with van der Waals surface area (Å²) >= 11 is 0. The summed E-state index contributed by atoms with van der Waals surface area (Å²) in [6.45, 7) is 5.03. The first-order chi connectivity index (χ1) is 11.1. The van der Waals surface area contributed by atoms with Gasteiger partial charge in [0.15, 0.2) is 6.61 Å². The molecule has 1 fully saturated rings. The fourth-order valence-corrected chi connectivity index (χ4v) is 2.69. The molecular formula is C17H26N2O4. The molecule has 0 saturated carbocycles. The number of aliphatic hydroxyl groups is 1. The minimum Gasteiger partial charge on any atom is -0.484 e. The molecule has 23 heavy (non-hydrogen) atoms. The number of amides is 1. The van der Waals surface area contributed by atoms with E-state index in [0.29, 0.717) is 38.6 Å². The van der Waals surface area contributed by atoms with Crippen LogP contribution < -0.4 is 4.74 Å². The predicted molar refractivity (Wildman–Crippen MR) is 87.6 cm³/mol. The van der Waals surface area contributed by atoms with Crippen molar-refractivity contribution in [3.8, 4) is 5.75 Å². The Balaban J connectivity index is 1.89. The van der Waals surface area contributed by atoms with Crippen LogP contribution in [-0.2, 0) is 9.53 Å². The monoisotopic (exact) mass is 322 g/mol. The first kappa shape index (κ1) is 17.7. The maximum absolute atomic E-state index is 12.5. The molecule has 0 unspecified atom stereocenters. The Morgan fingerprint density at radius 1 is 1.52 bits per heavy atom. The molecule has 0 spiro atoms. The maximum Gasteiger partial charge on any atom is 0.260 e. The third-order valence-electron chi connectivity index (χ3n) is 3.90. The van der Waals surface area contributed by atoms with Crippen LogP contribution in [0.2, 0.25) is 0 Å². The molecule has 1 amide bonds. The third-order valence-corrected chi connectivity index (χ3v) is 3.90. The predicted octanol–water partition coefficient (Wildman–Crippen LogP) is 0.525. The van der Waals surface area contributed by atoms with Gasteiger partial charge in [0.05, 0.1) is 25.9 Å². The van der Waals surface area contributed by atoms with Gasteiger partial charge >= 0.3 is 0 Å². The van der Waals surface area contributed by atoms with Crippen molar-refractivity contribution >= 4 is 5.91 Å². The van der Waals surface area contributed by atoms with Crippen molar-refractivity contribution in [3.63, 3.8) is 0 Å². The van der Waals surface area contributed by atoms with Crippen LogP contribution in [0.3, 0.4) is 0 Å². The second-order valence-corrected chi connectivity index (χ2v) is 5.91. The van der Waals surface area contributed by atoms with Crippen LogP contribution in [0.4, 0.5) is 0 Å². The average Bonchev–Trinajstić information content (AvgIpc) is 2.53. The molecule has 1 aliphatic heterocycles. The second-order valence-electron chi connectivity index (χ2n) is 5.91. The summed E-state index contributed by atoms with van der Waals surface area (Å²) in [6, 6.07) is 7.67. The van der Waals surface area contributed by atoms with Gasteiger partial charge in [0.25, 0.3) is 5.91 Å². The van der Waals surface area contributed by atoms with Crippen LogP contribution in [0.1, 0.15) is 5.56 Å². The van der Waals surface area contributed by atoms with Gasteiger partial charge in [-0.15, -0.1) is 0 Å². The molecule has 128 valence electrons. The summed E-state index contributed by atoms with van der Waals surface area (Å²) in [5.41, 5.74) is 1.10. The number of benzene rings is 1. The lowest BCUT2D eigenvalue weighted by atomic mass is 10.2. The Hall–Kier alpha value is -1.63. The van der Waals surface area contributed by atoms with Gasteiger partial charge in [0.2, 0.25) is 0 Å². The van der Waals surface area contributed by atoms with Crippen molar-refractivity contribution in [1.29, 1.82) is 0 Å². The summed E-state index contributed by atoms with van der Waals surface area (Å²) in [6.07, 6.45) is 0. The number of ether oxygens (including phenoxy) is 2. The van der Waals surface area contributed by atoms with Gasteiger partial charge < -0.3 is 24.4 Å². The number of carbonyl (C=O) groups is 1. The number of carbonyl (C=O) groups excluding carboxylic acids is 1. The molecule has 1 N–H and O–H groups in total. The molecule has 6 heteroatoms. The normalized spacial score (nSPS) is 18.3. The molecule has 1 atom stereocenters. The molecule has 1 saturated heterocycles. The largest absolute Gasteiger partial charge is 0.484 e. The lowest BCUT2D eigenvalue weighted by Gasteiger charge is -2.37. The summed E-state index contributed by atoms with van der Waals surface area (Å²) < 4.78 is 11.1. The van der Waals surface area contributed by atoms with Crippen molar-refractivity contribution in [2.75, 3.05) is 53.1 Å². The average molecular weight is 322 g/mol. The molecule has 0 aromatic heterocycles. The van der Waals surface area contributed by atoms with E-state index in [0.717, 1.165) is 5.56 Å². The van der Waals surface area contributed by atoms with E-state index >= 15 is 0 Å². The van der Waals surface area contributed by atoms with Crippen LogP contribution in [0, 0.1) is 6.92 Å². The van der Waals surface area contributed by atoms with E-state index in [9.17, 15) is 4.79 Å². The van der Waals surface area contributed by atoms with Gasteiger partial charge in [0.1, 0.15) is 5.75 Å². The molecule has 1 aliphatic rings. The van der Waals surface area contributed by atoms with E-state index in [2.05, 4.69) is 0 Å². The number of nitrogens with zero attached hydrogens (tertiary/aromatic N) is 2. The van der Waals surface area contributed by atoms with Crippen molar-refractivity contribution in [2.45, 2.75) is 13.0 Å². The number of rotatable bonds is 7. The zero-order valence-corrected chi connectivity index (χ0v) is 13.9. The molecule has 0 radical (unpaired) electrons. The maximum atomic E-state index is 12.5. The molecular weight excluding hydrogens is 296 g/mol. The first-order valence-electron chi connectivity index (χ1n) is 7.96. The standard InChI is InChI=1S/C17H26N2O4/c1-14-4-3-5-16(10-14)23-13-17(21)19-7-9-22-12-15(19)11-18(2)6-8-20/h3-5,10,15,20H,6-9,11-13H2,1-2H3/t15-/m0/s1. The first-order valence-corrected chi connectivity index (χ1v) is 7.96. The number of aliphatic hydroxyl groups excluding tert-OH is 1. The molecule has 1 heterocycles. The van der Waals surface area contributed by atoms with Crippen molar-refractivity contribution in [2.24, 2.45) is 0 Å². The van der Waals surface area contributed by atoms with Gasteiger partial charge in [-0.2, -0.15) is 0 Å². The quantitative estimate of drug-likeness (QED) is 0.793. The van der Waals surface area contributed by atoms with Crippen LogP contribution in [-0.4, -0.2) is 80.0 Å². The number of aryl methyl sites for hydroxylation is 1. The number of hydrogen-bond acceptors (Lipinski definition) is 5. The van der Waals surface area contributed by atoms with Crippen molar-refractivity contribution in [1.82, 2.24) is 9.80 Å². The van der Waals surface area contributed by atoms with Crippen LogP contribution >= 0.6 is 0 Å². The topological polar surface area (TPSA) is 62.2 Å². The Morgan fingerprint density at radius 3 is 3.09 bits per heavy atom. The highest BCUT2D eigenvalue weighted by molar-refractivity contribution is 5.78. The molecule has 1 aromatic carbocycles. The summed E-state index contributed by atoms with van der Waals surface area (Å²) in [4.78, 5) is 16.3. The molecule has 1 aromatic rings. The Kier molecular flexibility index (Phi) is 6.83. The summed E-state index contributed by atoms with van der Waals surface area (Å²) in [5, 5.41) is 9.00. The molecule has 2 rings (SSSR count). The van der Waals surface area contributed by atoms with Gasteiger partial charge in [-0.05, 0) is 31.7 Å². The Labute approximate surface area is 137 Å². The SMILES string of the molecule is Cc1cccc(OCC(=O)N2CCOC[C@@H]2CN(C)CCO)c1. The molecule has 0 bridgehead atoms. The van der Waals surface area contributed by atoms with Gasteiger partial charge in [0, 0.05) is 19.6 Å². The summed E-state index contributed by atoms with van der Waals surface area (Å²) in [5.74, 6) is 0.678. The van der Waals surface area contributed by atoms with E-state index < -0.39 is 0 Å². The van der Waals surface area contributed by atoms with Gasteiger partial charge in [-0.25, -0.2) is 0 Å². The zero-order valence-electron chi connectivity index (χ0n) is 13.9. The lowest BCUT2D eigenvalue weighted by molar-refractivity contribution is -0.142. The van der Waals surface area contributed by atoms with Gasteiger partial charge in [-0.1, -0.05) is 12.1 Å². The lowest BCUT2D eigenvalue weighted by Crippen LogP contribution is -2.54. The highest BCUT2D eigenvalue weighted by Crippen LogP contribution is 2.14. The molecule has 0 aliphatic carbocycles. The highest BCUT2D eigenvalue weighted by Gasteiger charge is 2.28. The number of hydrogen-bond donors (Lipinski definition) is 1. The minimum absolute atomic E-state index is 0.00564. The number of morpholine rings is 1.